The Hall–Kier alpha value is -2.16. The van der Waals surface area contributed by atoms with Gasteiger partial charge in [0.15, 0.2) is 18.3 Å². The minimum atomic E-state index is -1.04. The number of ether oxygens (including phenoxy) is 5. The molecule has 0 aromatic rings. The number of carbonyl (C=O) groups excluding carboxylic acids is 4. The monoisotopic (exact) mass is 360 g/mol. The minimum Gasteiger partial charge on any atom is -0.469 e. The first kappa shape index (κ1) is 20.9. The lowest BCUT2D eigenvalue weighted by molar-refractivity contribution is -0.244. The van der Waals surface area contributed by atoms with E-state index in [0.717, 1.165) is 0 Å². The summed E-state index contributed by atoms with van der Waals surface area (Å²) in [5.41, 5.74) is 0. The Kier molecular flexibility index (Phi) is 7.82. The highest BCUT2D eigenvalue weighted by Gasteiger charge is 2.50. The molecular formula is C16H24O9. The van der Waals surface area contributed by atoms with Crippen molar-refractivity contribution in [2.45, 2.75) is 71.1 Å². The number of carbonyl (C=O) groups is 4. The lowest BCUT2D eigenvalue weighted by Crippen LogP contribution is -2.60. The molecule has 0 bridgehead atoms. The molecule has 0 aliphatic carbocycles. The lowest BCUT2D eigenvalue weighted by atomic mass is 9.92. The van der Waals surface area contributed by atoms with E-state index in [9.17, 15) is 19.2 Å². The molecular weight excluding hydrogens is 336 g/mol. The smallest absolute Gasteiger partial charge is 0.305 e. The van der Waals surface area contributed by atoms with E-state index in [1.54, 1.807) is 6.92 Å². The van der Waals surface area contributed by atoms with Crippen molar-refractivity contribution in [3.8, 4) is 0 Å². The minimum absolute atomic E-state index is 0.0245. The molecule has 0 aromatic heterocycles. The van der Waals surface area contributed by atoms with Crippen molar-refractivity contribution in [1.82, 2.24) is 0 Å². The summed E-state index contributed by atoms with van der Waals surface area (Å²) in [7, 11) is 1.26. The first-order valence-electron chi connectivity index (χ1n) is 7.89. The molecule has 1 rings (SSSR count). The van der Waals surface area contributed by atoms with Gasteiger partial charge < -0.3 is 23.7 Å². The van der Waals surface area contributed by atoms with Crippen molar-refractivity contribution in [1.29, 1.82) is 0 Å². The van der Waals surface area contributed by atoms with E-state index in [1.807, 2.05) is 0 Å². The fourth-order valence-corrected chi connectivity index (χ4v) is 2.71. The molecule has 1 aliphatic rings. The van der Waals surface area contributed by atoms with Crippen molar-refractivity contribution in [3.05, 3.63) is 0 Å². The second-order valence-corrected chi connectivity index (χ2v) is 5.72. The van der Waals surface area contributed by atoms with Crippen LogP contribution in [0.25, 0.3) is 0 Å². The summed E-state index contributed by atoms with van der Waals surface area (Å²) >= 11 is 0. The maximum absolute atomic E-state index is 11.5. The van der Waals surface area contributed by atoms with Crippen molar-refractivity contribution in [3.63, 3.8) is 0 Å². The molecule has 0 aromatic carbocycles. The van der Waals surface area contributed by atoms with Crippen LogP contribution in [-0.4, -0.2) is 61.5 Å². The zero-order chi connectivity index (χ0) is 19.1. The zero-order valence-electron chi connectivity index (χ0n) is 15.0. The Bertz CT molecular complexity index is 516. The number of hydrogen-bond acceptors (Lipinski definition) is 9. The van der Waals surface area contributed by atoms with Crippen LogP contribution in [0, 0.1) is 0 Å². The van der Waals surface area contributed by atoms with Crippen LogP contribution < -0.4 is 0 Å². The molecule has 1 aliphatic heterocycles. The Morgan fingerprint density at radius 3 is 1.80 bits per heavy atom. The zero-order valence-corrected chi connectivity index (χ0v) is 15.0. The van der Waals surface area contributed by atoms with Gasteiger partial charge in [0.25, 0.3) is 0 Å². The maximum atomic E-state index is 11.5. The van der Waals surface area contributed by atoms with Crippen molar-refractivity contribution in [2.75, 3.05) is 7.11 Å². The Labute approximate surface area is 145 Å². The molecule has 0 saturated carbocycles. The second kappa shape index (κ2) is 9.36. The van der Waals surface area contributed by atoms with Crippen LogP contribution in [0.1, 0.15) is 40.5 Å². The Balaban J connectivity index is 3.09. The van der Waals surface area contributed by atoms with Gasteiger partial charge in [0, 0.05) is 27.2 Å². The second-order valence-electron chi connectivity index (χ2n) is 5.72. The molecule has 0 unspecified atom stereocenters. The quantitative estimate of drug-likeness (QED) is 0.494. The largest absolute Gasteiger partial charge is 0.469 e. The highest BCUT2D eigenvalue weighted by molar-refractivity contribution is 5.69. The van der Waals surface area contributed by atoms with Crippen LogP contribution >= 0.6 is 0 Å². The molecule has 1 fully saturated rings. The van der Waals surface area contributed by atoms with E-state index in [-0.39, 0.29) is 12.8 Å². The summed E-state index contributed by atoms with van der Waals surface area (Å²) < 4.78 is 26.1. The molecule has 9 heteroatoms. The predicted molar refractivity (Wildman–Crippen MR) is 82.2 cm³/mol. The van der Waals surface area contributed by atoms with E-state index in [0.29, 0.717) is 0 Å². The summed E-state index contributed by atoms with van der Waals surface area (Å²) in [6.07, 6.45) is -4.17. The number of methoxy groups -OCH3 is 1. The number of hydrogen-bond donors (Lipinski definition) is 0. The average Bonchev–Trinajstić information content (AvgIpc) is 2.50. The summed E-state index contributed by atoms with van der Waals surface area (Å²) in [6, 6.07) is 0. The van der Waals surface area contributed by atoms with Crippen molar-refractivity contribution < 1.29 is 42.9 Å². The van der Waals surface area contributed by atoms with Gasteiger partial charge in [-0.15, -0.1) is 0 Å². The molecule has 25 heavy (non-hydrogen) atoms. The van der Waals surface area contributed by atoms with Gasteiger partial charge in [-0.2, -0.15) is 0 Å². The van der Waals surface area contributed by atoms with E-state index in [4.69, 9.17) is 18.9 Å². The third-order valence-corrected chi connectivity index (χ3v) is 3.63. The van der Waals surface area contributed by atoms with Gasteiger partial charge in [0.05, 0.1) is 19.3 Å². The summed E-state index contributed by atoms with van der Waals surface area (Å²) in [5.74, 6) is -2.29. The van der Waals surface area contributed by atoms with Gasteiger partial charge in [0.2, 0.25) is 0 Å². The SMILES string of the molecule is COC(=O)CC[C@@H]1O[C@@H](C)[C@H](OC(C)=O)[C@@H](OC(C)=O)[C@H]1OC(C)=O. The summed E-state index contributed by atoms with van der Waals surface area (Å²) in [6.45, 7) is 5.24. The van der Waals surface area contributed by atoms with Gasteiger partial charge in [-0.25, -0.2) is 0 Å². The van der Waals surface area contributed by atoms with Gasteiger partial charge in [-0.1, -0.05) is 0 Å². The molecule has 142 valence electrons. The number of esters is 4. The third kappa shape index (κ3) is 6.33. The van der Waals surface area contributed by atoms with Crippen LogP contribution in [0.3, 0.4) is 0 Å². The lowest BCUT2D eigenvalue weighted by Gasteiger charge is -2.43. The van der Waals surface area contributed by atoms with Crippen LogP contribution in [0.15, 0.2) is 0 Å². The van der Waals surface area contributed by atoms with Gasteiger partial charge in [-0.05, 0) is 13.3 Å². The Morgan fingerprint density at radius 2 is 1.32 bits per heavy atom. The number of rotatable bonds is 6. The highest BCUT2D eigenvalue weighted by Crippen LogP contribution is 2.30. The van der Waals surface area contributed by atoms with Crippen LogP contribution in [0.4, 0.5) is 0 Å². The molecule has 5 atom stereocenters. The molecule has 1 saturated heterocycles. The summed E-state index contributed by atoms with van der Waals surface area (Å²) in [5, 5.41) is 0. The normalized spacial score (nSPS) is 28.6. The maximum Gasteiger partial charge on any atom is 0.305 e. The van der Waals surface area contributed by atoms with E-state index >= 15 is 0 Å². The van der Waals surface area contributed by atoms with E-state index in [2.05, 4.69) is 4.74 Å². The predicted octanol–water partition coefficient (Wildman–Crippen LogP) is 0.522. The van der Waals surface area contributed by atoms with Crippen molar-refractivity contribution >= 4 is 23.9 Å². The standard InChI is InChI=1S/C16H24O9/c1-8-14(23-9(2)17)16(25-11(4)19)15(24-10(3)18)12(22-8)6-7-13(20)21-5/h8,12,14-16H,6-7H2,1-5H3/t8-,12-,14-,15-,16+/m0/s1. The van der Waals surface area contributed by atoms with Crippen LogP contribution in [0.5, 0.6) is 0 Å². The fraction of sp³-hybridized carbons (Fsp3) is 0.750. The van der Waals surface area contributed by atoms with E-state index in [1.165, 1.54) is 27.9 Å². The average molecular weight is 360 g/mol. The third-order valence-electron chi connectivity index (χ3n) is 3.63. The van der Waals surface area contributed by atoms with Gasteiger partial charge in [0.1, 0.15) is 0 Å². The molecule has 0 spiro atoms. The van der Waals surface area contributed by atoms with E-state index < -0.39 is 54.4 Å². The van der Waals surface area contributed by atoms with Crippen molar-refractivity contribution in [2.24, 2.45) is 0 Å². The highest BCUT2D eigenvalue weighted by atomic mass is 16.6. The molecule has 0 amide bonds. The molecule has 0 N–H and O–H groups in total. The molecule has 1 heterocycles. The first-order valence-corrected chi connectivity index (χ1v) is 7.89. The van der Waals surface area contributed by atoms with Gasteiger partial charge >= 0.3 is 23.9 Å². The van der Waals surface area contributed by atoms with Crippen LogP contribution in [-0.2, 0) is 42.9 Å². The van der Waals surface area contributed by atoms with Crippen LogP contribution in [0.2, 0.25) is 0 Å². The topological polar surface area (TPSA) is 114 Å². The molecule has 0 radical (unpaired) electrons. The summed E-state index contributed by atoms with van der Waals surface area (Å²) in [4.78, 5) is 45.7. The fourth-order valence-electron chi connectivity index (χ4n) is 2.71. The van der Waals surface area contributed by atoms with Gasteiger partial charge in [-0.3, -0.25) is 19.2 Å². The molecule has 9 nitrogen and oxygen atoms in total. The first-order chi connectivity index (χ1) is 11.6. The Morgan fingerprint density at radius 1 is 0.840 bits per heavy atom.